The fourth-order valence-corrected chi connectivity index (χ4v) is 2.60. The van der Waals surface area contributed by atoms with Gasteiger partial charge in [-0.2, -0.15) is 8.42 Å². The van der Waals surface area contributed by atoms with Gasteiger partial charge in [-0.3, -0.25) is 4.72 Å². The van der Waals surface area contributed by atoms with Crippen molar-refractivity contribution in [2.24, 2.45) is 0 Å². The zero-order chi connectivity index (χ0) is 14.0. The van der Waals surface area contributed by atoms with E-state index in [0.717, 1.165) is 6.07 Å². The van der Waals surface area contributed by atoms with Crippen LogP contribution in [-0.4, -0.2) is 18.4 Å². The van der Waals surface area contributed by atoms with E-state index in [9.17, 15) is 12.8 Å². The molecule has 19 heavy (non-hydrogen) atoms. The summed E-state index contributed by atoms with van der Waals surface area (Å²) in [6.07, 6.45) is 1.76. The van der Waals surface area contributed by atoms with Gasteiger partial charge in [-0.15, -0.1) is 0 Å². The zero-order valence-corrected chi connectivity index (χ0v) is 11.5. The average molecular weight is 304 g/mol. The standard InChI is InChI=1S/C11H11ClFN3O2S/c1-2-10-14-6-11(15-10)19(17,18)16-9-4-3-7(12)5-8(9)13/h3-6,16H,2H2,1H3,(H,14,15). The molecular formula is C11H11ClFN3O2S. The number of halogens is 2. The maximum absolute atomic E-state index is 13.5. The summed E-state index contributed by atoms with van der Waals surface area (Å²) in [6.45, 7) is 1.83. The second-order valence-corrected chi connectivity index (χ2v) is 5.86. The molecule has 0 unspecified atom stereocenters. The number of aromatic amines is 1. The Balaban J connectivity index is 2.30. The summed E-state index contributed by atoms with van der Waals surface area (Å²) < 4.78 is 39.6. The van der Waals surface area contributed by atoms with E-state index in [1.807, 2.05) is 6.92 Å². The zero-order valence-electron chi connectivity index (χ0n) is 9.94. The van der Waals surface area contributed by atoms with E-state index in [4.69, 9.17) is 11.6 Å². The van der Waals surface area contributed by atoms with Crippen molar-refractivity contribution in [3.05, 3.63) is 41.1 Å². The fourth-order valence-electron chi connectivity index (χ4n) is 1.43. The Labute approximate surface area is 114 Å². The lowest BCUT2D eigenvalue weighted by Crippen LogP contribution is -2.14. The first-order valence-corrected chi connectivity index (χ1v) is 7.30. The fraction of sp³-hybridized carbons (Fsp3) is 0.182. The number of H-pyrrole nitrogens is 1. The first kappa shape index (κ1) is 13.8. The molecule has 8 heteroatoms. The molecule has 2 N–H and O–H groups in total. The minimum atomic E-state index is -3.89. The SMILES string of the molecule is CCc1ncc(S(=O)(=O)Nc2ccc(Cl)cc2F)[nH]1. The molecule has 0 fully saturated rings. The van der Waals surface area contributed by atoms with Crippen molar-refractivity contribution < 1.29 is 12.8 Å². The van der Waals surface area contributed by atoms with Crippen LogP contribution >= 0.6 is 11.6 Å². The Morgan fingerprint density at radius 2 is 2.21 bits per heavy atom. The summed E-state index contributed by atoms with van der Waals surface area (Å²) in [5.74, 6) is -0.205. The van der Waals surface area contributed by atoms with E-state index in [0.29, 0.717) is 12.2 Å². The van der Waals surface area contributed by atoms with Crippen LogP contribution in [0.15, 0.2) is 29.4 Å². The van der Waals surface area contributed by atoms with Crippen molar-refractivity contribution in [3.8, 4) is 0 Å². The molecule has 0 atom stereocenters. The number of aromatic nitrogens is 2. The van der Waals surface area contributed by atoms with Crippen molar-refractivity contribution in [1.82, 2.24) is 9.97 Å². The number of hydrogen-bond acceptors (Lipinski definition) is 3. The Morgan fingerprint density at radius 3 is 2.79 bits per heavy atom. The highest BCUT2D eigenvalue weighted by Gasteiger charge is 2.18. The van der Waals surface area contributed by atoms with Gasteiger partial charge in [0.05, 0.1) is 11.9 Å². The highest BCUT2D eigenvalue weighted by Crippen LogP contribution is 2.21. The van der Waals surface area contributed by atoms with Gasteiger partial charge in [0.15, 0.2) is 5.03 Å². The summed E-state index contributed by atoms with van der Waals surface area (Å²) in [4.78, 5) is 6.53. The van der Waals surface area contributed by atoms with Crippen LogP contribution < -0.4 is 4.72 Å². The van der Waals surface area contributed by atoms with Crippen molar-refractivity contribution in [2.75, 3.05) is 4.72 Å². The number of nitrogens with zero attached hydrogens (tertiary/aromatic N) is 1. The van der Waals surface area contributed by atoms with Gasteiger partial charge in [0.25, 0.3) is 10.0 Å². The summed E-state index contributed by atoms with van der Waals surface area (Å²) >= 11 is 5.59. The van der Waals surface area contributed by atoms with Gasteiger partial charge in [-0.25, -0.2) is 9.37 Å². The summed E-state index contributed by atoms with van der Waals surface area (Å²) in [5.41, 5.74) is -0.169. The van der Waals surface area contributed by atoms with Crippen LogP contribution in [0.25, 0.3) is 0 Å². The number of hydrogen-bond donors (Lipinski definition) is 2. The minimum Gasteiger partial charge on any atom is -0.332 e. The summed E-state index contributed by atoms with van der Waals surface area (Å²) in [7, 11) is -3.89. The topological polar surface area (TPSA) is 74.8 Å². The van der Waals surface area contributed by atoms with Gasteiger partial charge in [0.1, 0.15) is 11.6 Å². The van der Waals surface area contributed by atoms with E-state index in [-0.39, 0.29) is 15.7 Å². The van der Waals surface area contributed by atoms with Crippen LogP contribution in [0.2, 0.25) is 5.02 Å². The van der Waals surface area contributed by atoms with Crippen molar-refractivity contribution in [2.45, 2.75) is 18.4 Å². The van der Waals surface area contributed by atoms with E-state index in [1.165, 1.54) is 18.3 Å². The molecule has 0 aliphatic heterocycles. The van der Waals surface area contributed by atoms with Crippen LogP contribution in [0.1, 0.15) is 12.7 Å². The van der Waals surface area contributed by atoms with Gasteiger partial charge in [-0.1, -0.05) is 18.5 Å². The first-order valence-electron chi connectivity index (χ1n) is 5.44. The first-order chi connectivity index (χ1) is 8.92. The van der Waals surface area contributed by atoms with Gasteiger partial charge >= 0.3 is 0 Å². The largest absolute Gasteiger partial charge is 0.332 e. The Hall–Kier alpha value is -1.60. The maximum Gasteiger partial charge on any atom is 0.279 e. The third-order valence-corrected chi connectivity index (χ3v) is 3.92. The van der Waals surface area contributed by atoms with Crippen molar-refractivity contribution in [3.63, 3.8) is 0 Å². The van der Waals surface area contributed by atoms with E-state index < -0.39 is 15.8 Å². The predicted molar refractivity (Wildman–Crippen MR) is 70.2 cm³/mol. The minimum absolute atomic E-state index is 0.112. The predicted octanol–water partition coefficient (Wildman–Crippen LogP) is 2.57. The maximum atomic E-state index is 13.5. The molecule has 0 radical (unpaired) electrons. The molecule has 1 heterocycles. The number of imidazole rings is 1. The third kappa shape index (κ3) is 3.05. The molecule has 5 nitrogen and oxygen atoms in total. The van der Waals surface area contributed by atoms with E-state index >= 15 is 0 Å². The molecule has 2 aromatic rings. The number of anilines is 1. The van der Waals surface area contributed by atoms with Gasteiger partial charge in [0.2, 0.25) is 0 Å². The molecule has 1 aromatic carbocycles. The second kappa shape index (κ2) is 5.18. The lowest BCUT2D eigenvalue weighted by atomic mass is 10.3. The van der Waals surface area contributed by atoms with Gasteiger partial charge < -0.3 is 4.98 Å². The normalized spacial score (nSPS) is 11.5. The van der Waals surface area contributed by atoms with Crippen LogP contribution in [0.3, 0.4) is 0 Å². The summed E-state index contributed by atoms with van der Waals surface area (Å²) in [5, 5.41) is 0.0777. The van der Waals surface area contributed by atoms with Crippen LogP contribution in [0, 0.1) is 5.82 Å². The number of sulfonamides is 1. The second-order valence-electron chi connectivity index (χ2n) is 3.78. The van der Waals surface area contributed by atoms with Crippen molar-refractivity contribution >= 4 is 27.3 Å². The molecule has 1 aromatic heterocycles. The lowest BCUT2D eigenvalue weighted by molar-refractivity contribution is 0.595. The Bertz CT molecular complexity index is 700. The highest BCUT2D eigenvalue weighted by atomic mass is 35.5. The number of nitrogens with one attached hydrogen (secondary N) is 2. The molecule has 0 saturated carbocycles. The molecular weight excluding hydrogens is 293 g/mol. The van der Waals surface area contributed by atoms with Crippen LogP contribution in [0.4, 0.5) is 10.1 Å². The van der Waals surface area contributed by atoms with E-state index in [2.05, 4.69) is 14.7 Å². The molecule has 0 aliphatic rings. The third-order valence-electron chi connectivity index (χ3n) is 2.40. The van der Waals surface area contributed by atoms with Crippen LogP contribution in [0.5, 0.6) is 0 Å². The number of benzene rings is 1. The molecule has 0 bridgehead atoms. The molecule has 0 aliphatic carbocycles. The molecule has 102 valence electrons. The molecule has 2 rings (SSSR count). The average Bonchev–Trinajstić information content (AvgIpc) is 2.82. The molecule has 0 spiro atoms. The Kier molecular flexibility index (Phi) is 3.77. The highest BCUT2D eigenvalue weighted by molar-refractivity contribution is 7.92. The quantitative estimate of drug-likeness (QED) is 0.911. The Morgan fingerprint density at radius 1 is 1.47 bits per heavy atom. The smallest absolute Gasteiger partial charge is 0.279 e. The number of rotatable bonds is 4. The monoisotopic (exact) mass is 303 g/mol. The van der Waals surface area contributed by atoms with E-state index in [1.54, 1.807) is 0 Å². The molecule has 0 saturated heterocycles. The van der Waals surface area contributed by atoms with Crippen molar-refractivity contribution in [1.29, 1.82) is 0 Å². The number of aryl methyl sites for hydroxylation is 1. The van der Waals surface area contributed by atoms with Gasteiger partial charge in [-0.05, 0) is 18.2 Å². The van der Waals surface area contributed by atoms with Crippen LogP contribution in [-0.2, 0) is 16.4 Å². The van der Waals surface area contributed by atoms with Gasteiger partial charge in [0, 0.05) is 11.4 Å². The summed E-state index contributed by atoms with van der Waals surface area (Å²) in [6, 6.07) is 3.68. The molecule has 0 amide bonds. The lowest BCUT2D eigenvalue weighted by Gasteiger charge is -2.07.